The number of anilines is 3. The van der Waals surface area contributed by atoms with Crippen LogP contribution < -0.4 is 4.90 Å². The van der Waals surface area contributed by atoms with Crippen LogP contribution >= 0.6 is 15.9 Å². The smallest absolute Gasteiger partial charge is 0.0468 e. The van der Waals surface area contributed by atoms with E-state index < -0.39 is 0 Å². The molecule has 8 aromatic rings. The van der Waals surface area contributed by atoms with Crippen LogP contribution in [0.4, 0.5) is 17.1 Å². The van der Waals surface area contributed by atoms with Crippen molar-refractivity contribution < 1.29 is 0 Å². The summed E-state index contributed by atoms with van der Waals surface area (Å²) in [4.78, 5) is 2.32. The van der Waals surface area contributed by atoms with Gasteiger partial charge in [-0.05, 0) is 96.7 Å². The molecule has 0 spiro atoms. The topological polar surface area (TPSA) is 3.24 Å². The Morgan fingerprint density at radius 3 is 1.57 bits per heavy atom. The van der Waals surface area contributed by atoms with Crippen LogP contribution in [0.25, 0.3) is 54.2 Å². The second-order valence-corrected chi connectivity index (χ2v) is 11.1. The summed E-state index contributed by atoms with van der Waals surface area (Å²) >= 11 is 3.91. The number of rotatable bonds is 4. The maximum Gasteiger partial charge on any atom is 0.0468 e. The van der Waals surface area contributed by atoms with Crippen LogP contribution in [0.1, 0.15) is 0 Å². The van der Waals surface area contributed by atoms with E-state index in [0.29, 0.717) is 0 Å². The highest BCUT2D eigenvalue weighted by Gasteiger charge is 2.18. The van der Waals surface area contributed by atoms with E-state index in [1.165, 1.54) is 54.2 Å². The average molecular weight is 575 g/mol. The largest absolute Gasteiger partial charge is 0.310 e. The Morgan fingerprint density at radius 2 is 0.925 bits per heavy atom. The molecule has 0 saturated heterocycles. The van der Waals surface area contributed by atoms with Gasteiger partial charge in [0.25, 0.3) is 0 Å². The first-order valence-electron chi connectivity index (χ1n) is 13.6. The first-order chi connectivity index (χ1) is 19.8. The molecule has 40 heavy (non-hydrogen) atoms. The van der Waals surface area contributed by atoms with Crippen molar-refractivity contribution in [1.29, 1.82) is 0 Å². The van der Waals surface area contributed by atoms with Crippen LogP contribution in [-0.4, -0.2) is 0 Å². The van der Waals surface area contributed by atoms with Crippen LogP contribution in [0, 0.1) is 0 Å². The molecule has 0 unspecified atom stereocenters. The lowest BCUT2D eigenvalue weighted by atomic mass is 9.87. The van der Waals surface area contributed by atoms with Gasteiger partial charge in [0.05, 0.1) is 0 Å². The van der Waals surface area contributed by atoms with Crippen molar-refractivity contribution in [3.8, 4) is 11.1 Å². The van der Waals surface area contributed by atoms with Gasteiger partial charge in [-0.25, -0.2) is 0 Å². The van der Waals surface area contributed by atoms with E-state index in [4.69, 9.17) is 0 Å². The Morgan fingerprint density at radius 1 is 0.375 bits per heavy atom. The first-order valence-corrected chi connectivity index (χ1v) is 14.4. The van der Waals surface area contributed by atoms with Gasteiger partial charge < -0.3 is 4.90 Å². The SMILES string of the molecule is Brc1ccc(N(c2ccccc2)c2ccccc2)cc1-c1ccc2c3cccc4cccc(c5cccc1c52)c43. The molecule has 0 aromatic heterocycles. The Balaban J connectivity index is 1.40. The minimum atomic E-state index is 1.08. The molecule has 0 atom stereocenters. The van der Waals surface area contributed by atoms with Crippen molar-refractivity contribution in [3.63, 3.8) is 0 Å². The molecule has 2 heteroatoms. The van der Waals surface area contributed by atoms with Gasteiger partial charge in [0.2, 0.25) is 0 Å². The Kier molecular flexibility index (Phi) is 5.36. The summed E-state index contributed by atoms with van der Waals surface area (Å²) in [7, 11) is 0. The molecule has 0 N–H and O–H groups in total. The third kappa shape index (κ3) is 3.53. The van der Waals surface area contributed by atoms with Gasteiger partial charge in [0, 0.05) is 21.5 Å². The van der Waals surface area contributed by atoms with Crippen molar-refractivity contribution in [1.82, 2.24) is 0 Å². The second-order valence-electron chi connectivity index (χ2n) is 10.3. The fourth-order valence-electron chi connectivity index (χ4n) is 6.34. The van der Waals surface area contributed by atoms with E-state index in [-0.39, 0.29) is 0 Å². The lowest BCUT2D eigenvalue weighted by Crippen LogP contribution is -2.09. The highest BCUT2D eigenvalue weighted by atomic mass is 79.9. The first kappa shape index (κ1) is 23.2. The third-order valence-electron chi connectivity index (χ3n) is 8.05. The number of para-hydroxylation sites is 2. The molecule has 188 valence electrons. The van der Waals surface area contributed by atoms with Crippen molar-refractivity contribution in [3.05, 3.63) is 150 Å². The van der Waals surface area contributed by atoms with Gasteiger partial charge in [-0.1, -0.05) is 119 Å². The van der Waals surface area contributed by atoms with Crippen LogP contribution in [0.2, 0.25) is 0 Å². The molecule has 1 nitrogen and oxygen atoms in total. The van der Waals surface area contributed by atoms with Crippen molar-refractivity contribution >= 4 is 76.1 Å². The molecule has 0 aliphatic rings. The Hall–Kier alpha value is -4.66. The lowest BCUT2D eigenvalue weighted by molar-refractivity contribution is 1.28. The lowest BCUT2D eigenvalue weighted by Gasteiger charge is -2.26. The maximum absolute atomic E-state index is 3.91. The van der Waals surface area contributed by atoms with Crippen LogP contribution in [0.3, 0.4) is 0 Å². The van der Waals surface area contributed by atoms with Gasteiger partial charge in [-0.2, -0.15) is 0 Å². The molecule has 0 saturated carbocycles. The highest BCUT2D eigenvalue weighted by Crippen LogP contribution is 2.45. The number of fused-ring (bicyclic) bond motifs is 2. The zero-order valence-electron chi connectivity index (χ0n) is 21.7. The summed E-state index contributed by atoms with van der Waals surface area (Å²) < 4.78 is 1.08. The predicted octanol–water partition coefficient (Wildman–Crippen LogP) is 11.6. The Labute approximate surface area is 241 Å². The molecule has 0 aliphatic carbocycles. The number of halogens is 1. The van der Waals surface area contributed by atoms with Gasteiger partial charge in [0.1, 0.15) is 0 Å². The van der Waals surface area contributed by atoms with Crippen molar-refractivity contribution in [2.45, 2.75) is 0 Å². The van der Waals surface area contributed by atoms with Crippen molar-refractivity contribution in [2.75, 3.05) is 4.90 Å². The standard InChI is InChI=1S/C38H24BrN/c39-36-23-20-28(40(26-12-3-1-4-13-26)27-14-5-2-6-15-27)24-35(36)29-21-22-34-32-17-8-11-25-10-7-16-31(37(25)32)33-19-9-18-30(29)38(33)34/h1-24H. The quantitative estimate of drug-likeness (QED) is 0.149. The summed E-state index contributed by atoms with van der Waals surface area (Å²) in [6.07, 6.45) is 0. The van der Waals surface area contributed by atoms with Gasteiger partial charge in [0.15, 0.2) is 0 Å². The van der Waals surface area contributed by atoms with Gasteiger partial charge in [-0.3, -0.25) is 0 Å². The number of nitrogens with zero attached hydrogens (tertiary/aromatic N) is 1. The number of hydrogen-bond acceptors (Lipinski definition) is 1. The van der Waals surface area contributed by atoms with E-state index in [1.807, 2.05) is 0 Å². The van der Waals surface area contributed by atoms with Gasteiger partial charge >= 0.3 is 0 Å². The van der Waals surface area contributed by atoms with Crippen molar-refractivity contribution in [2.24, 2.45) is 0 Å². The number of hydrogen-bond donors (Lipinski definition) is 0. The second kappa shape index (κ2) is 9.22. The summed E-state index contributed by atoms with van der Waals surface area (Å²) in [5, 5.41) is 10.5. The molecule has 0 amide bonds. The maximum atomic E-state index is 3.91. The normalized spacial score (nSPS) is 11.6. The molecule has 0 radical (unpaired) electrons. The van der Waals surface area contributed by atoms with Crippen LogP contribution in [0.15, 0.2) is 150 Å². The fourth-order valence-corrected chi connectivity index (χ4v) is 6.80. The summed E-state index contributed by atoms with van der Waals surface area (Å²) in [5.41, 5.74) is 5.77. The van der Waals surface area contributed by atoms with E-state index in [1.54, 1.807) is 0 Å². The minimum absolute atomic E-state index is 1.08. The molecule has 0 bridgehead atoms. The van der Waals surface area contributed by atoms with Gasteiger partial charge in [-0.15, -0.1) is 0 Å². The van der Waals surface area contributed by atoms with E-state index in [0.717, 1.165) is 21.5 Å². The predicted molar refractivity (Wildman–Crippen MR) is 175 cm³/mol. The molecule has 0 aliphatic heterocycles. The molecule has 8 aromatic carbocycles. The summed E-state index contributed by atoms with van der Waals surface area (Å²) in [5.74, 6) is 0. The zero-order valence-corrected chi connectivity index (χ0v) is 23.3. The Bertz CT molecular complexity index is 2080. The minimum Gasteiger partial charge on any atom is -0.310 e. The van der Waals surface area contributed by atoms with Crippen LogP contribution in [-0.2, 0) is 0 Å². The van der Waals surface area contributed by atoms with Crippen LogP contribution in [0.5, 0.6) is 0 Å². The fraction of sp³-hybridized carbons (Fsp3) is 0. The number of benzene rings is 8. The monoisotopic (exact) mass is 573 g/mol. The molecular formula is C38H24BrN. The average Bonchev–Trinajstić information content (AvgIpc) is 3.02. The molecule has 8 rings (SSSR count). The molecule has 0 fully saturated rings. The summed E-state index contributed by atoms with van der Waals surface area (Å²) in [6.45, 7) is 0. The van der Waals surface area contributed by atoms with E-state index >= 15 is 0 Å². The molecular weight excluding hydrogens is 550 g/mol. The zero-order chi connectivity index (χ0) is 26.6. The third-order valence-corrected chi connectivity index (χ3v) is 8.74. The van der Waals surface area contributed by atoms with E-state index in [9.17, 15) is 0 Å². The highest BCUT2D eigenvalue weighted by molar-refractivity contribution is 9.10. The summed E-state index contributed by atoms with van der Waals surface area (Å²) in [6, 6.07) is 52.5. The molecule has 0 heterocycles. The van der Waals surface area contributed by atoms with E-state index in [2.05, 4.69) is 166 Å².